The number of hydrogen-bond donors (Lipinski definition) is 0. The number of anilines is 1. The number of rotatable bonds is 3. The first-order valence-electron chi connectivity index (χ1n) is 6.30. The maximum Gasteiger partial charge on any atom is 0.0405 e. The maximum atomic E-state index is 4.03. The minimum absolute atomic E-state index is 0.983. The van der Waals surface area contributed by atoms with Crippen molar-refractivity contribution in [3.63, 3.8) is 0 Å². The number of allylic oxidation sites excluding steroid dienone is 1. The highest BCUT2D eigenvalue weighted by molar-refractivity contribution is 5.57. The molecule has 0 N–H and O–H groups in total. The van der Waals surface area contributed by atoms with E-state index in [0.717, 1.165) is 25.9 Å². The van der Waals surface area contributed by atoms with Gasteiger partial charge in [0.25, 0.3) is 0 Å². The highest BCUT2D eigenvalue weighted by Gasteiger charge is 2.11. The molecule has 0 bridgehead atoms. The lowest BCUT2D eigenvalue weighted by atomic mass is 10.0. The quantitative estimate of drug-likeness (QED) is 0.708. The minimum atomic E-state index is 0.983. The second kappa shape index (κ2) is 5.22. The molecule has 1 aromatic carbocycles. The Balaban J connectivity index is 2.31. The predicted octanol–water partition coefficient (Wildman–Crippen LogP) is 3.88. The predicted molar refractivity (Wildman–Crippen MR) is 75.7 cm³/mol. The monoisotopic (exact) mass is 227 g/mol. The first-order chi connectivity index (χ1) is 8.16. The molecular weight excluding hydrogens is 206 g/mol. The van der Waals surface area contributed by atoms with E-state index in [2.05, 4.69) is 55.7 Å². The maximum absolute atomic E-state index is 4.03. The van der Waals surface area contributed by atoms with E-state index in [0.29, 0.717) is 0 Å². The van der Waals surface area contributed by atoms with Crippen LogP contribution in [0.5, 0.6) is 0 Å². The fourth-order valence-electron chi connectivity index (χ4n) is 2.35. The molecule has 1 heterocycles. The van der Waals surface area contributed by atoms with Crippen LogP contribution >= 0.6 is 0 Å². The summed E-state index contributed by atoms with van der Waals surface area (Å²) < 4.78 is 0. The van der Waals surface area contributed by atoms with E-state index in [9.17, 15) is 0 Å². The molecule has 17 heavy (non-hydrogen) atoms. The van der Waals surface area contributed by atoms with E-state index in [1.54, 1.807) is 0 Å². The van der Waals surface area contributed by atoms with Crippen LogP contribution in [0.15, 0.2) is 42.5 Å². The summed E-state index contributed by atoms with van der Waals surface area (Å²) in [6.45, 7) is 10.4. The SMILES string of the molecule is C=C(C)Cc1cc(C)ccc1N1CC=CCC1. The van der Waals surface area contributed by atoms with Crippen molar-refractivity contribution in [2.24, 2.45) is 0 Å². The summed E-state index contributed by atoms with van der Waals surface area (Å²) in [5.41, 5.74) is 5.35. The van der Waals surface area contributed by atoms with E-state index in [1.165, 1.54) is 22.4 Å². The fraction of sp³-hybridized carbons (Fsp3) is 0.375. The van der Waals surface area contributed by atoms with Gasteiger partial charge in [-0.2, -0.15) is 0 Å². The molecule has 0 amide bonds. The second-order valence-electron chi connectivity index (χ2n) is 4.97. The Morgan fingerprint density at radius 3 is 2.82 bits per heavy atom. The van der Waals surface area contributed by atoms with Gasteiger partial charge in [0.05, 0.1) is 0 Å². The lowest BCUT2D eigenvalue weighted by molar-refractivity contribution is 0.814. The summed E-state index contributed by atoms with van der Waals surface area (Å²) in [7, 11) is 0. The molecule has 1 aliphatic heterocycles. The Morgan fingerprint density at radius 2 is 2.18 bits per heavy atom. The van der Waals surface area contributed by atoms with E-state index < -0.39 is 0 Å². The average molecular weight is 227 g/mol. The average Bonchev–Trinajstić information content (AvgIpc) is 2.29. The van der Waals surface area contributed by atoms with Crippen LogP contribution < -0.4 is 4.90 Å². The molecule has 1 heteroatoms. The summed E-state index contributed by atoms with van der Waals surface area (Å²) in [6.07, 6.45) is 6.66. The van der Waals surface area contributed by atoms with E-state index >= 15 is 0 Å². The van der Waals surface area contributed by atoms with Crippen molar-refractivity contribution in [3.8, 4) is 0 Å². The van der Waals surface area contributed by atoms with Gasteiger partial charge in [0.2, 0.25) is 0 Å². The van der Waals surface area contributed by atoms with Crippen LogP contribution in [0.3, 0.4) is 0 Å². The van der Waals surface area contributed by atoms with E-state index in [1.807, 2.05) is 0 Å². The van der Waals surface area contributed by atoms with Crippen LogP contribution in [0.25, 0.3) is 0 Å². The standard InChI is InChI=1S/C16H21N/c1-13(2)11-15-12-14(3)7-8-16(15)17-9-5-4-6-10-17/h4-5,7-8,12H,1,6,9-11H2,2-3H3. The van der Waals surface area contributed by atoms with Crippen molar-refractivity contribution >= 4 is 5.69 Å². The van der Waals surface area contributed by atoms with Crippen LogP contribution in [0.4, 0.5) is 5.69 Å². The highest BCUT2D eigenvalue weighted by atomic mass is 15.1. The third kappa shape index (κ3) is 3.00. The molecule has 0 unspecified atom stereocenters. The molecule has 0 fully saturated rings. The van der Waals surface area contributed by atoms with Gasteiger partial charge in [-0.05, 0) is 38.3 Å². The largest absolute Gasteiger partial charge is 0.367 e. The zero-order chi connectivity index (χ0) is 12.3. The van der Waals surface area contributed by atoms with Crippen molar-refractivity contribution in [2.75, 3.05) is 18.0 Å². The highest BCUT2D eigenvalue weighted by Crippen LogP contribution is 2.25. The molecular formula is C16H21N. The van der Waals surface area contributed by atoms with E-state index in [4.69, 9.17) is 0 Å². The normalized spacial score (nSPS) is 15.1. The molecule has 0 aliphatic carbocycles. The Morgan fingerprint density at radius 1 is 1.35 bits per heavy atom. The number of nitrogens with zero attached hydrogens (tertiary/aromatic N) is 1. The zero-order valence-corrected chi connectivity index (χ0v) is 10.9. The van der Waals surface area contributed by atoms with Gasteiger partial charge >= 0.3 is 0 Å². The Hall–Kier alpha value is -1.50. The van der Waals surface area contributed by atoms with Gasteiger partial charge in [-0.15, -0.1) is 0 Å². The molecule has 2 rings (SSSR count). The van der Waals surface area contributed by atoms with Crippen LogP contribution in [0.2, 0.25) is 0 Å². The lowest BCUT2D eigenvalue weighted by Gasteiger charge is -2.28. The first-order valence-corrected chi connectivity index (χ1v) is 6.30. The van der Waals surface area contributed by atoms with Gasteiger partial charge in [-0.3, -0.25) is 0 Å². The van der Waals surface area contributed by atoms with E-state index in [-0.39, 0.29) is 0 Å². The third-order valence-corrected chi connectivity index (χ3v) is 3.13. The van der Waals surface area contributed by atoms with Gasteiger partial charge in [0.15, 0.2) is 0 Å². The van der Waals surface area contributed by atoms with Crippen molar-refractivity contribution in [2.45, 2.75) is 26.7 Å². The molecule has 90 valence electrons. The molecule has 1 aromatic rings. The Bertz CT molecular complexity index is 443. The molecule has 1 aliphatic rings. The third-order valence-electron chi connectivity index (χ3n) is 3.13. The van der Waals surface area contributed by atoms with Crippen molar-refractivity contribution in [3.05, 3.63) is 53.6 Å². The molecule has 0 spiro atoms. The zero-order valence-electron chi connectivity index (χ0n) is 10.9. The smallest absolute Gasteiger partial charge is 0.0405 e. The van der Waals surface area contributed by atoms with Crippen LogP contribution in [0.1, 0.15) is 24.5 Å². The van der Waals surface area contributed by atoms with Crippen LogP contribution in [-0.2, 0) is 6.42 Å². The summed E-state index contributed by atoms with van der Waals surface area (Å²) in [5, 5.41) is 0. The summed E-state index contributed by atoms with van der Waals surface area (Å²) in [6, 6.07) is 6.75. The van der Waals surface area contributed by atoms with Crippen LogP contribution in [0, 0.1) is 6.92 Å². The van der Waals surface area contributed by atoms with Gasteiger partial charge in [-0.25, -0.2) is 0 Å². The number of benzene rings is 1. The van der Waals surface area contributed by atoms with Crippen molar-refractivity contribution in [1.29, 1.82) is 0 Å². The van der Waals surface area contributed by atoms with Gasteiger partial charge in [0.1, 0.15) is 0 Å². The summed E-state index contributed by atoms with van der Waals surface area (Å²) in [4.78, 5) is 2.46. The summed E-state index contributed by atoms with van der Waals surface area (Å²) in [5.74, 6) is 0. The molecule has 0 aromatic heterocycles. The van der Waals surface area contributed by atoms with Gasteiger partial charge in [0, 0.05) is 18.8 Å². The second-order valence-corrected chi connectivity index (χ2v) is 4.97. The van der Waals surface area contributed by atoms with Gasteiger partial charge in [-0.1, -0.05) is 42.0 Å². The summed E-state index contributed by atoms with van der Waals surface area (Å²) >= 11 is 0. The first kappa shape index (κ1) is 12.0. The molecule has 0 saturated heterocycles. The van der Waals surface area contributed by atoms with Gasteiger partial charge < -0.3 is 4.90 Å². The topological polar surface area (TPSA) is 3.24 Å². The Labute approximate surface area is 104 Å². The molecule has 0 radical (unpaired) electrons. The van der Waals surface area contributed by atoms with Crippen molar-refractivity contribution in [1.82, 2.24) is 0 Å². The lowest BCUT2D eigenvalue weighted by Crippen LogP contribution is -2.27. The molecule has 0 atom stereocenters. The van der Waals surface area contributed by atoms with Crippen LogP contribution in [-0.4, -0.2) is 13.1 Å². The minimum Gasteiger partial charge on any atom is -0.367 e. The molecule has 1 nitrogen and oxygen atoms in total. The number of aryl methyl sites for hydroxylation is 1. The number of hydrogen-bond acceptors (Lipinski definition) is 1. The van der Waals surface area contributed by atoms with Crippen molar-refractivity contribution < 1.29 is 0 Å². The fourth-order valence-corrected chi connectivity index (χ4v) is 2.35. The molecule has 0 saturated carbocycles. The Kier molecular flexibility index (Phi) is 3.68.